The number of rotatable bonds is 3. The maximum atomic E-state index is 13.9. The molecule has 0 bridgehead atoms. The predicted octanol–water partition coefficient (Wildman–Crippen LogP) is 2.98. The minimum atomic E-state index is -0.675. The second-order valence-electron chi connectivity index (χ2n) is 6.45. The van der Waals surface area contributed by atoms with Crippen molar-refractivity contribution in [2.24, 2.45) is 0 Å². The van der Waals surface area contributed by atoms with E-state index in [2.05, 4.69) is 4.98 Å². The number of nitrogens with one attached hydrogen (secondary N) is 1. The Bertz CT molecular complexity index is 1020. The van der Waals surface area contributed by atoms with Crippen molar-refractivity contribution >= 4 is 28.3 Å². The van der Waals surface area contributed by atoms with Gasteiger partial charge >= 0.3 is 0 Å². The summed E-state index contributed by atoms with van der Waals surface area (Å²) >= 11 is 0. The van der Waals surface area contributed by atoms with E-state index in [9.17, 15) is 18.4 Å². The van der Waals surface area contributed by atoms with E-state index in [4.69, 9.17) is 0 Å². The molecule has 0 saturated carbocycles. The van der Waals surface area contributed by atoms with Crippen LogP contribution in [0.5, 0.6) is 0 Å². The third kappa shape index (κ3) is 3.16. The van der Waals surface area contributed by atoms with Gasteiger partial charge in [0, 0.05) is 43.3 Å². The second-order valence-corrected chi connectivity index (χ2v) is 6.45. The number of Topliss-reactive ketones (excluding diaryl/α,β-unsaturated/α-hetero) is 1. The van der Waals surface area contributed by atoms with Crippen molar-refractivity contribution in [1.29, 1.82) is 0 Å². The lowest BCUT2D eigenvalue weighted by molar-refractivity contribution is -0.126. The first-order chi connectivity index (χ1) is 13.0. The van der Waals surface area contributed by atoms with Crippen molar-refractivity contribution in [3.05, 3.63) is 65.9 Å². The van der Waals surface area contributed by atoms with Crippen LogP contribution in [-0.2, 0) is 4.79 Å². The Balaban J connectivity index is 1.48. The number of carbonyl (C=O) groups excluding carboxylic acids is 2. The smallest absolute Gasteiger partial charge is 0.295 e. The van der Waals surface area contributed by atoms with Gasteiger partial charge in [0.1, 0.15) is 11.6 Å². The van der Waals surface area contributed by atoms with Gasteiger partial charge in [0.2, 0.25) is 0 Å². The quantitative estimate of drug-likeness (QED) is 0.570. The highest BCUT2D eigenvalue weighted by atomic mass is 19.1. The SMILES string of the molecule is O=C(C(=O)N1CCN(c2ccccc2F)CC1)c1c[nH]c2ccc(F)cc12. The first kappa shape index (κ1) is 17.2. The van der Waals surface area contributed by atoms with Crippen molar-refractivity contribution in [1.82, 2.24) is 9.88 Å². The zero-order valence-electron chi connectivity index (χ0n) is 14.4. The molecular weight excluding hydrogens is 352 g/mol. The number of halogens is 2. The number of H-pyrrole nitrogens is 1. The molecule has 3 aromatic rings. The zero-order valence-corrected chi connectivity index (χ0v) is 14.4. The van der Waals surface area contributed by atoms with Crippen LogP contribution in [0.25, 0.3) is 10.9 Å². The molecule has 1 aliphatic heterocycles. The fourth-order valence-corrected chi connectivity index (χ4v) is 3.40. The summed E-state index contributed by atoms with van der Waals surface area (Å²) in [5.41, 5.74) is 1.24. The van der Waals surface area contributed by atoms with Gasteiger partial charge in [-0.05, 0) is 30.3 Å². The van der Waals surface area contributed by atoms with Crippen molar-refractivity contribution in [3.63, 3.8) is 0 Å². The molecule has 1 aromatic heterocycles. The molecule has 0 spiro atoms. The van der Waals surface area contributed by atoms with Gasteiger partial charge in [0.05, 0.1) is 11.3 Å². The van der Waals surface area contributed by atoms with Crippen molar-refractivity contribution in [2.75, 3.05) is 31.1 Å². The molecule has 1 saturated heterocycles. The maximum Gasteiger partial charge on any atom is 0.295 e. The Kier molecular flexibility index (Phi) is 4.35. The van der Waals surface area contributed by atoms with Crippen molar-refractivity contribution in [2.45, 2.75) is 0 Å². The third-order valence-electron chi connectivity index (χ3n) is 4.84. The number of fused-ring (bicyclic) bond motifs is 1. The number of para-hydroxylation sites is 1. The van der Waals surface area contributed by atoms with Gasteiger partial charge in [-0.2, -0.15) is 0 Å². The lowest BCUT2D eigenvalue weighted by atomic mass is 10.1. The number of nitrogens with zero attached hydrogens (tertiary/aromatic N) is 2. The predicted molar refractivity (Wildman–Crippen MR) is 97.8 cm³/mol. The number of aromatic amines is 1. The molecule has 0 aliphatic carbocycles. The van der Waals surface area contributed by atoms with Crippen LogP contribution >= 0.6 is 0 Å². The first-order valence-corrected chi connectivity index (χ1v) is 8.64. The molecule has 5 nitrogen and oxygen atoms in total. The molecule has 1 aliphatic rings. The lowest BCUT2D eigenvalue weighted by Crippen LogP contribution is -2.50. The Morgan fingerprint density at radius 3 is 2.44 bits per heavy atom. The summed E-state index contributed by atoms with van der Waals surface area (Å²) < 4.78 is 27.4. The van der Waals surface area contributed by atoms with Crippen molar-refractivity contribution < 1.29 is 18.4 Å². The monoisotopic (exact) mass is 369 g/mol. The average molecular weight is 369 g/mol. The van der Waals surface area contributed by atoms with Gasteiger partial charge in [-0.25, -0.2) is 8.78 Å². The molecule has 1 fully saturated rings. The topological polar surface area (TPSA) is 56.4 Å². The Hall–Kier alpha value is -3.22. The number of ketones is 1. The summed E-state index contributed by atoms with van der Waals surface area (Å²) in [5, 5.41) is 0.387. The fourth-order valence-electron chi connectivity index (χ4n) is 3.40. The highest BCUT2D eigenvalue weighted by Crippen LogP contribution is 2.22. The van der Waals surface area contributed by atoms with Gasteiger partial charge < -0.3 is 14.8 Å². The van der Waals surface area contributed by atoms with Crippen LogP contribution in [-0.4, -0.2) is 47.8 Å². The van der Waals surface area contributed by atoms with Gasteiger partial charge in [-0.3, -0.25) is 9.59 Å². The van der Waals surface area contributed by atoms with E-state index in [1.807, 2.05) is 4.90 Å². The standard InChI is InChI=1S/C20H17F2N3O2/c21-13-5-6-17-14(11-13)15(12-23-17)19(26)20(27)25-9-7-24(8-10-25)18-4-2-1-3-16(18)22/h1-6,11-12,23H,7-10H2. The highest BCUT2D eigenvalue weighted by Gasteiger charge is 2.29. The highest BCUT2D eigenvalue weighted by molar-refractivity contribution is 6.44. The third-order valence-corrected chi connectivity index (χ3v) is 4.84. The molecule has 2 aromatic carbocycles. The molecule has 0 atom stereocenters. The molecule has 4 rings (SSSR count). The van der Waals surface area contributed by atoms with E-state index in [0.717, 1.165) is 0 Å². The van der Waals surface area contributed by atoms with Crippen LogP contribution in [0, 0.1) is 11.6 Å². The van der Waals surface area contributed by atoms with Crippen LogP contribution in [0.3, 0.4) is 0 Å². The van der Waals surface area contributed by atoms with E-state index in [0.29, 0.717) is 42.8 Å². The number of piperazine rings is 1. The van der Waals surface area contributed by atoms with E-state index in [1.165, 1.54) is 35.4 Å². The molecule has 1 amide bonds. The number of amides is 1. The van der Waals surface area contributed by atoms with Crippen LogP contribution in [0.1, 0.15) is 10.4 Å². The first-order valence-electron chi connectivity index (χ1n) is 8.64. The molecule has 2 heterocycles. The van der Waals surface area contributed by atoms with E-state index in [-0.39, 0.29) is 11.4 Å². The summed E-state index contributed by atoms with van der Waals surface area (Å²) in [4.78, 5) is 31.4. The number of hydrogen-bond donors (Lipinski definition) is 1. The van der Waals surface area contributed by atoms with Crippen LogP contribution in [0.4, 0.5) is 14.5 Å². The van der Waals surface area contributed by atoms with Crippen molar-refractivity contribution in [3.8, 4) is 0 Å². The summed E-state index contributed by atoms with van der Waals surface area (Å²) in [6.45, 7) is 1.50. The minimum Gasteiger partial charge on any atom is -0.366 e. The number of benzene rings is 2. The fraction of sp³-hybridized carbons (Fsp3) is 0.200. The zero-order chi connectivity index (χ0) is 19.0. The van der Waals surface area contributed by atoms with E-state index in [1.54, 1.807) is 18.2 Å². The second kappa shape index (κ2) is 6.83. The molecule has 27 heavy (non-hydrogen) atoms. The lowest BCUT2D eigenvalue weighted by Gasteiger charge is -2.35. The summed E-state index contributed by atoms with van der Waals surface area (Å²) in [6.07, 6.45) is 1.43. The normalized spacial score (nSPS) is 14.6. The summed E-state index contributed by atoms with van der Waals surface area (Å²) in [5.74, 6) is -2.09. The Morgan fingerprint density at radius 1 is 0.963 bits per heavy atom. The number of anilines is 1. The van der Waals surface area contributed by atoms with Gasteiger partial charge in [-0.1, -0.05) is 12.1 Å². The minimum absolute atomic E-state index is 0.158. The largest absolute Gasteiger partial charge is 0.366 e. The number of carbonyl (C=O) groups is 2. The Labute approximate surface area is 154 Å². The van der Waals surface area contributed by atoms with Crippen LogP contribution in [0.2, 0.25) is 0 Å². The van der Waals surface area contributed by atoms with Gasteiger partial charge in [0.15, 0.2) is 0 Å². The molecule has 138 valence electrons. The Morgan fingerprint density at radius 2 is 1.70 bits per heavy atom. The molecule has 0 radical (unpaired) electrons. The summed E-state index contributed by atoms with van der Waals surface area (Å²) in [6, 6.07) is 10.5. The van der Waals surface area contributed by atoms with E-state index >= 15 is 0 Å². The number of aromatic nitrogens is 1. The van der Waals surface area contributed by atoms with Crippen LogP contribution in [0.15, 0.2) is 48.7 Å². The molecule has 1 N–H and O–H groups in total. The van der Waals surface area contributed by atoms with Gasteiger partial charge in [-0.15, -0.1) is 0 Å². The number of hydrogen-bond acceptors (Lipinski definition) is 3. The van der Waals surface area contributed by atoms with E-state index < -0.39 is 17.5 Å². The molecule has 0 unspecified atom stereocenters. The van der Waals surface area contributed by atoms with Gasteiger partial charge in [0.25, 0.3) is 11.7 Å². The summed E-state index contributed by atoms with van der Waals surface area (Å²) in [7, 11) is 0. The molecule has 7 heteroatoms. The average Bonchev–Trinajstić information content (AvgIpc) is 3.10. The maximum absolute atomic E-state index is 13.9. The molecular formula is C20H17F2N3O2. The van der Waals surface area contributed by atoms with Crippen LogP contribution < -0.4 is 4.90 Å².